The molecular formula is C22H24F2O4. The second-order valence-corrected chi connectivity index (χ2v) is 7.34. The van der Waals surface area contributed by atoms with E-state index in [-0.39, 0.29) is 23.9 Å². The Hall–Kier alpha value is -2.34. The Labute approximate surface area is 163 Å². The van der Waals surface area contributed by atoms with Crippen molar-refractivity contribution in [1.29, 1.82) is 0 Å². The van der Waals surface area contributed by atoms with Gasteiger partial charge in [-0.3, -0.25) is 0 Å². The summed E-state index contributed by atoms with van der Waals surface area (Å²) >= 11 is 0. The van der Waals surface area contributed by atoms with Gasteiger partial charge in [-0.2, -0.15) is 4.39 Å². The summed E-state index contributed by atoms with van der Waals surface area (Å²) in [7, 11) is 3.15. The molecule has 0 radical (unpaired) electrons. The highest BCUT2D eigenvalue weighted by molar-refractivity contribution is 5.77. The average molecular weight is 390 g/mol. The number of methoxy groups -OCH3 is 2. The largest absolute Gasteiger partial charge is 0.494 e. The number of hydrogen-bond acceptors (Lipinski definition) is 4. The Morgan fingerprint density at radius 3 is 2.36 bits per heavy atom. The molecule has 0 atom stereocenters. The van der Waals surface area contributed by atoms with E-state index < -0.39 is 11.6 Å². The molecule has 150 valence electrons. The summed E-state index contributed by atoms with van der Waals surface area (Å²) in [6.07, 6.45) is 4.36. The van der Waals surface area contributed by atoms with Gasteiger partial charge in [0.2, 0.25) is 5.82 Å². The smallest absolute Gasteiger partial charge is 0.207 e. The Kier molecular flexibility index (Phi) is 5.40. The highest BCUT2D eigenvalue weighted by Gasteiger charge is 2.27. The Morgan fingerprint density at radius 1 is 0.929 bits per heavy atom. The summed E-state index contributed by atoms with van der Waals surface area (Å²) in [6.45, 7) is 0.418. The number of halogens is 2. The lowest BCUT2D eigenvalue weighted by atomic mass is 9.88. The van der Waals surface area contributed by atoms with Crippen LogP contribution in [-0.4, -0.2) is 26.9 Å². The van der Waals surface area contributed by atoms with Crippen molar-refractivity contribution in [1.82, 2.24) is 0 Å². The third-order valence-corrected chi connectivity index (χ3v) is 5.74. The van der Waals surface area contributed by atoms with Crippen molar-refractivity contribution in [2.45, 2.75) is 38.4 Å². The number of hydrogen-bond donors (Lipinski definition) is 0. The summed E-state index contributed by atoms with van der Waals surface area (Å²) in [4.78, 5) is 0. The molecule has 28 heavy (non-hydrogen) atoms. The van der Waals surface area contributed by atoms with Crippen molar-refractivity contribution in [3.63, 3.8) is 0 Å². The van der Waals surface area contributed by atoms with Gasteiger partial charge in [-0.25, -0.2) is 4.39 Å². The molecule has 1 fully saturated rings. The molecular weight excluding hydrogens is 366 g/mol. The zero-order valence-corrected chi connectivity index (χ0v) is 16.1. The Balaban J connectivity index is 1.52. The van der Waals surface area contributed by atoms with Gasteiger partial charge >= 0.3 is 0 Å². The van der Waals surface area contributed by atoms with Gasteiger partial charge in [0.1, 0.15) is 6.61 Å². The molecule has 1 heterocycles. The van der Waals surface area contributed by atoms with Crippen LogP contribution in [0, 0.1) is 17.6 Å². The summed E-state index contributed by atoms with van der Waals surface area (Å²) in [5.41, 5.74) is 1.51. The minimum Gasteiger partial charge on any atom is -0.494 e. The molecule has 0 amide bonds. The summed E-state index contributed by atoms with van der Waals surface area (Å²) in [6, 6.07) is 6.59. The fourth-order valence-corrected chi connectivity index (χ4v) is 4.04. The van der Waals surface area contributed by atoms with E-state index in [1.807, 2.05) is 0 Å². The van der Waals surface area contributed by atoms with E-state index in [4.69, 9.17) is 18.9 Å². The number of ether oxygens (including phenoxy) is 4. The molecule has 0 N–H and O–H groups in total. The maximum absolute atomic E-state index is 15.0. The molecule has 4 rings (SSSR count). The summed E-state index contributed by atoms with van der Waals surface area (Å²) in [5.74, 6) is -0.190. The first-order valence-electron chi connectivity index (χ1n) is 9.59. The van der Waals surface area contributed by atoms with Gasteiger partial charge < -0.3 is 18.9 Å². The van der Waals surface area contributed by atoms with Crippen LogP contribution in [0.4, 0.5) is 8.78 Å². The van der Waals surface area contributed by atoms with Gasteiger partial charge in [0.25, 0.3) is 0 Å². The minimum atomic E-state index is -0.537. The molecule has 0 saturated heterocycles. The first kappa shape index (κ1) is 19.0. The van der Waals surface area contributed by atoms with Crippen molar-refractivity contribution in [3.05, 3.63) is 41.5 Å². The fraction of sp³-hybridized carbons (Fsp3) is 0.455. The van der Waals surface area contributed by atoms with Crippen LogP contribution in [-0.2, 0) is 11.3 Å². The maximum atomic E-state index is 15.0. The standard InChI is InChI=1S/C22H24F2O4/c1-25-14-5-3-13(4-6-14)11-27-19-10-8-16-15-7-9-18(26-2)20(23)17(15)12-28-22(16)21(19)24/h7-10,13-14H,3-6,11-12H2,1-2H3. The highest BCUT2D eigenvalue weighted by atomic mass is 19.1. The van der Waals surface area contributed by atoms with Crippen molar-refractivity contribution in [2.75, 3.05) is 20.8 Å². The Morgan fingerprint density at radius 2 is 1.64 bits per heavy atom. The SMILES string of the molecule is COc1ccc2c(c1F)COc1c-2ccc(OCC2CCC(OC)CC2)c1F. The van der Waals surface area contributed by atoms with Crippen molar-refractivity contribution in [2.24, 2.45) is 5.92 Å². The van der Waals surface area contributed by atoms with Gasteiger partial charge in [0.15, 0.2) is 23.1 Å². The van der Waals surface area contributed by atoms with Crippen LogP contribution in [0.3, 0.4) is 0 Å². The van der Waals surface area contributed by atoms with Gasteiger partial charge in [-0.15, -0.1) is 0 Å². The lowest BCUT2D eigenvalue weighted by molar-refractivity contribution is 0.0477. The van der Waals surface area contributed by atoms with Gasteiger partial charge in [0.05, 0.1) is 19.8 Å². The molecule has 4 nitrogen and oxygen atoms in total. The number of benzene rings is 2. The molecule has 2 aliphatic rings. The second kappa shape index (κ2) is 7.95. The van der Waals surface area contributed by atoms with Gasteiger partial charge in [0, 0.05) is 18.2 Å². The Bertz CT molecular complexity index is 860. The van der Waals surface area contributed by atoms with E-state index in [0.29, 0.717) is 35.3 Å². The van der Waals surface area contributed by atoms with Crippen LogP contribution in [0.5, 0.6) is 17.2 Å². The molecule has 1 aliphatic carbocycles. The molecule has 6 heteroatoms. The molecule has 2 aromatic carbocycles. The molecule has 0 aromatic heterocycles. The van der Waals surface area contributed by atoms with Gasteiger partial charge in [-0.05, 0) is 61.4 Å². The maximum Gasteiger partial charge on any atom is 0.207 e. The minimum absolute atomic E-state index is 0.0488. The van der Waals surface area contributed by atoms with Crippen LogP contribution in [0.1, 0.15) is 31.2 Å². The molecule has 0 spiro atoms. The van der Waals surface area contributed by atoms with E-state index in [0.717, 1.165) is 25.7 Å². The quantitative estimate of drug-likeness (QED) is 0.710. The van der Waals surface area contributed by atoms with Crippen molar-refractivity contribution >= 4 is 0 Å². The zero-order chi connectivity index (χ0) is 19.7. The molecule has 0 bridgehead atoms. The van der Waals surface area contributed by atoms with E-state index in [1.165, 1.54) is 7.11 Å². The fourth-order valence-electron chi connectivity index (χ4n) is 4.04. The van der Waals surface area contributed by atoms with Crippen LogP contribution in [0.15, 0.2) is 24.3 Å². The molecule has 2 aromatic rings. The number of rotatable bonds is 5. The molecule has 1 saturated carbocycles. The number of fused-ring (bicyclic) bond motifs is 3. The van der Waals surface area contributed by atoms with Crippen LogP contribution in [0.25, 0.3) is 11.1 Å². The van der Waals surface area contributed by atoms with Crippen molar-refractivity contribution < 1.29 is 27.7 Å². The first-order chi connectivity index (χ1) is 13.6. The summed E-state index contributed by atoms with van der Waals surface area (Å²) in [5, 5.41) is 0. The van der Waals surface area contributed by atoms with E-state index in [9.17, 15) is 8.78 Å². The van der Waals surface area contributed by atoms with Crippen molar-refractivity contribution in [3.8, 4) is 28.4 Å². The second-order valence-electron chi connectivity index (χ2n) is 7.34. The lowest BCUT2D eigenvalue weighted by Gasteiger charge is -2.28. The molecule has 0 unspecified atom stereocenters. The van der Waals surface area contributed by atoms with Crippen LogP contribution >= 0.6 is 0 Å². The normalized spacial score (nSPS) is 20.7. The summed E-state index contributed by atoms with van der Waals surface area (Å²) < 4.78 is 51.2. The van der Waals surface area contributed by atoms with E-state index in [2.05, 4.69) is 0 Å². The first-order valence-corrected chi connectivity index (χ1v) is 9.59. The van der Waals surface area contributed by atoms with Gasteiger partial charge in [-0.1, -0.05) is 0 Å². The lowest BCUT2D eigenvalue weighted by Crippen LogP contribution is -2.24. The van der Waals surface area contributed by atoms with E-state index in [1.54, 1.807) is 31.4 Å². The third kappa shape index (κ3) is 3.41. The topological polar surface area (TPSA) is 36.9 Å². The van der Waals surface area contributed by atoms with Crippen LogP contribution < -0.4 is 14.2 Å². The van der Waals surface area contributed by atoms with Crippen LogP contribution in [0.2, 0.25) is 0 Å². The average Bonchev–Trinajstić information content (AvgIpc) is 2.74. The predicted octanol–water partition coefficient (Wildman–Crippen LogP) is 5.12. The zero-order valence-electron chi connectivity index (χ0n) is 16.1. The van der Waals surface area contributed by atoms with E-state index >= 15 is 0 Å². The third-order valence-electron chi connectivity index (χ3n) is 5.74. The predicted molar refractivity (Wildman–Crippen MR) is 101 cm³/mol. The highest BCUT2D eigenvalue weighted by Crippen LogP contribution is 2.44. The molecule has 1 aliphatic heterocycles. The monoisotopic (exact) mass is 390 g/mol.